The minimum atomic E-state index is -0.492. The van der Waals surface area contributed by atoms with Crippen LogP contribution < -0.4 is 5.73 Å². The monoisotopic (exact) mass is 220 g/mol. The first-order chi connectivity index (χ1) is 7.69. The molecule has 0 unspecified atom stereocenters. The van der Waals surface area contributed by atoms with Crippen LogP contribution in [0.1, 0.15) is 24.2 Å². The third kappa shape index (κ3) is 3.05. The van der Waals surface area contributed by atoms with Crippen LogP contribution in [0.25, 0.3) is 0 Å². The molecular formula is C11H16N4O. The smallest absolute Gasteiger partial charge is 0.250 e. The van der Waals surface area contributed by atoms with Gasteiger partial charge in [0.15, 0.2) is 0 Å². The quantitative estimate of drug-likeness (QED) is 0.610. The summed E-state index contributed by atoms with van der Waals surface area (Å²) in [6.07, 6.45) is 0. The van der Waals surface area contributed by atoms with Crippen LogP contribution in [-0.4, -0.2) is 24.0 Å². The van der Waals surface area contributed by atoms with Crippen LogP contribution in [0, 0.1) is 0 Å². The number of carbonyl (C=O) groups is 1. The van der Waals surface area contributed by atoms with Gasteiger partial charge in [0.1, 0.15) is 5.69 Å². The summed E-state index contributed by atoms with van der Waals surface area (Å²) in [7, 11) is 0. The summed E-state index contributed by atoms with van der Waals surface area (Å²) in [6.45, 7) is 5.53. The topological polar surface area (TPSA) is 71.1 Å². The zero-order valence-electron chi connectivity index (χ0n) is 9.55. The number of carbonyl (C=O) groups excluding carboxylic acids is 1. The first kappa shape index (κ1) is 12.2. The predicted octanol–water partition coefficient (Wildman–Crippen LogP) is 2.13. The van der Waals surface area contributed by atoms with Crippen molar-refractivity contribution < 1.29 is 4.79 Å². The fraction of sp³-hybridized carbons (Fsp3) is 0.364. The molecule has 0 radical (unpaired) electrons. The second-order valence-electron chi connectivity index (χ2n) is 3.21. The molecule has 0 aliphatic heterocycles. The van der Waals surface area contributed by atoms with E-state index in [1.54, 1.807) is 29.3 Å². The number of nitrogens with two attached hydrogens (primary N) is 1. The maximum atomic E-state index is 11.1. The first-order valence-electron chi connectivity index (χ1n) is 5.24. The summed E-state index contributed by atoms with van der Waals surface area (Å²) in [4.78, 5) is 11.1. The number of amides is 1. The average Bonchev–Trinajstić information content (AvgIpc) is 2.30. The lowest BCUT2D eigenvalue weighted by Gasteiger charge is -2.11. The van der Waals surface area contributed by atoms with Crippen LogP contribution in [0.4, 0.5) is 5.69 Å². The zero-order chi connectivity index (χ0) is 12.0. The molecule has 16 heavy (non-hydrogen) atoms. The summed E-state index contributed by atoms with van der Waals surface area (Å²) in [5.41, 5.74) is 6.12. The molecule has 1 amide bonds. The van der Waals surface area contributed by atoms with Crippen LogP contribution in [-0.2, 0) is 0 Å². The van der Waals surface area contributed by atoms with E-state index in [2.05, 4.69) is 10.3 Å². The summed E-state index contributed by atoms with van der Waals surface area (Å²) in [6, 6.07) is 6.89. The van der Waals surface area contributed by atoms with Gasteiger partial charge in [0.2, 0.25) is 0 Å². The fourth-order valence-electron chi connectivity index (χ4n) is 1.23. The van der Waals surface area contributed by atoms with E-state index in [-0.39, 0.29) is 0 Å². The Bertz CT molecular complexity index is 385. The van der Waals surface area contributed by atoms with Crippen LogP contribution in [0.2, 0.25) is 0 Å². The Kier molecular flexibility index (Phi) is 4.44. The summed E-state index contributed by atoms with van der Waals surface area (Å²) in [5, 5.41) is 9.83. The third-order valence-corrected chi connectivity index (χ3v) is 2.18. The van der Waals surface area contributed by atoms with E-state index in [1.807, 2.05) is 13.8 Å². The highest BCUT2D eigenvalue weighted by Gasteiger charge is 2.06. The minimum absolute atomic E-state index is 0.387. The molecule has 0 heterocycles. The Balaban J connectivity index is 2.92. The Hall–Kier alpha value is -1.91. The van der Waals surface area contributed by atoms with Crippen molar-refractivity contribution >= 4 is 11.6 Å². The minimum Gasteiger partial charge on any atom is -0.366 e. The molecule has 0 saturated heterocycles. The van der Waals surface area contributed by atoms with E-state index in [0.717, 1.165) is 13.1 Å². The van der Waals surface area contributed by atoms with Gasteiger partial charge in [-0.2, -0.15) is 0 Å². The predicted molar refractivity (Wildman–Crippen MR) is 62.4 cm³/mol. The van der Waals surface area contributed by atoms with Crippen molar-refractivity contribution in [3.05, 3.63) is 29.8 Å². The van der Waals surface area contributed by atoms with Crippen molar-refractivity contribution in [2.24, 2.45) is 16.1 Å². The van der Waals surface area contributed by atoms with E-state index >= 15 is 0 Å². The third-order valence-electron chi connectivity index (χ3n) is 2.18. The number of primary amides is 1. The lowest BCUT2D eigenvalue weighted by atomic mass is 10.2. The van der Waals surface area contributed by atoms with Gasteiger partial charge in [-0.3, -0.25) is 9.80 Å². The van der Waals surface area contributed by atoms with Gasteiger partial charge in [-0.15, -0.1) is 5.11 Å². The molecule has 5 heteroatoms. The molecule has 5 nitrogen and oxygen atoms in total. The van der Waals surface area contributed by atoms with Crippen molar-refractivity contribution in [1.82, 2.24) is 5.01 Å². The normalized spacial score (nSPS) is 10.6. The summed E-state index contributed by atoms with van der Waals surface area (Å²) in [5.74, 6) is -0.492. The van der Waals surface area contributed by atoms with Crippen molar-refractivity contribution in [2.75, 3.05) is 13.1 Å². The Morgan fingerprint density at radius 3 is 2.50 bits per heavy atom. The molecule has 2 N–H and O–H groups in total. The molecule has 0 saturated carbocycles. The Morgan fingerprint density at radius 1 is 1.31 bits per heavy atom. The van der Waals surface area contributed by atoms with Crippen LogP contribution in [0.3, 0.4) is 0 Å². The molecule has 0 bridgehead atoms. The number of benzene rings is 1. The molecule has 1 rings (SSSR count). The van der Waals surface area contributed by atoms with E-state index in [4.69, 9.17) is 5.73 Å². The molecule has 0 aliphatic carbocycles. The van der Waals surface area contributed by atoms with Gasteiger partial charge in [-0.1, -0.05) is 17.4 Å². The van der Waals surface area contributed by atoms with Gasteiger partial charge in [0.25, 0.3) is 5.91 Å². The maximum absolute atomic E-state index is 11.1. The number of hydrogen-bond acceptors (Lipinski definition) is 3. The molecule has 0 aliphatic rings. The second-order valence-corrected chi connectivity index (χ2v) is 3.21. The van der Waals surface area contributed by atoms with E-state index in [1.165, 1.54) is 0 Å². The van der Waals surface area contributed by atoms with Crippen molar-refractivity contribution in [3.8, 4) is 0 Å². The number of rotatable bonds is 5. The maximum Gasteiger partial charge on any atom is 0.250 e. The van der Waals surface area contributed by atoms with E-state index in [0.29, 0.717) is 11.3 Å². The van der Waals surface area contributed by atoms with Crippen LogP contribution in [0.5, 0.6) is 0 Å². The molecular weight excluding hydrogens is 204 g/mol. The Morgan fingerprint density at radius 2 is 1.94 bits per heavy atom. The zero-order valence-corrected chi connectivity index (χ0v) is 9.55. The fourth-order valence-corrected chi connectivity index (χ4v) is 1.23. The highest BCUT2D eigenvalue weighted by atomic mass is 16.1. The first-order valence-corrected chi connectivity index (χ1v) is 5.24. The van der Waals surface area contributed by atoms with Gasteiger partial charge in [-0.25, -0.2) is 0 Å². The standard InChI is InChI=1S/C11H16N4O/c1-3-15(4-2)14-13-10-8-6-5-7-9(10)11(12)16/h5-8H,3-4H2,1-2H3,(H2,12,16)/b14-13+. The largest absolute Gasteiger partial charge is 0.366 e. The molecule has 0 spiro atoms. The van der Waals surface area contributed by atoms with Gasteiger partial charge >= 0.3 is 0 Å². The van der Waals surface area contributed by atoms with Crippen LogP contribution in [0.15, 0.2) is 34.6 Å². The van der Waals surface area contributed by atoms with Gasteiger partial charge in [-0.05, 0) is 26.0 Å². The van der Waals surface area contributed by atoms with Crippen molar-refractivity contribution in [1.29, 1.82) is 0 Å². The van der Waals surface area contributed by atoms with Gasteiger partial charge < -0.3 is 5.73 Å². The van der Waals surface area contributed by atoms with Crippen molar-refractivity contribution in [3.63, 3.8) is 0 Å². The van der Waals surface area contributed by atoms with E-state index in [9.17, 15) is 4.79 Å². The summed E-state index contributed by atoms with van der Waals surface area (Å²) < 4.78 is 0. The lowest BCUT2D eigenvalue weighted by Crippen LogP contribution is -2.15. The van der Waals surface area contributed by atoms with Crippen molar-refractivity contribution in [2.45, 2.75) is 13.8 Å². The average molecular weight is 220 g/mol. The highest BCUT2D eigenvalue weighted by Crippen LogP contribution is 2.18. The van der Waals surface area contributed by atoms with E-state index < -0.39 is 5.91 Å². The molecule has 1 aromatic carbocycles. The second kappa shape index (κ2) is 5.85. The summed E-state index contributed by atoms with van der Waals surface area (Å²) >= 11 is 0. The SMILES string of the molecule is CCN(CC)/N=N/c1ccccc1C(N)=O. The molecule has 0 fully saturated rings. The number of hydrogen-bond donors (Lipinski definition) is 1. The molecule has 0 atom stereocenters. The molecule has 86 valence electrons. The number of nitrogens with zero attached hydrogens (tertiary/aromatic N) is 3. The van der Waals surface area contributed by atoms with Crippen LogP contribution >= 0.6 is 0 Å². The Labute approximate surface area is 94.9 Å². The lowest BCUT2D eigenvalue weighted by molar-refractivity contribution is 0.100. The highest BCUT2D eigenvalue weighted by molar-refractivity contribution is 5.97. The van der Waals surface area contributed by atoms with Gasteiger partial charge in [0, 0.05) is 13.1 Å². The molecule has 0 aromatic heterocycles. The molecule has 1 aromatic rings. The van der Waals surface area contributed by atoms with Gasteiger partial charge in [0.05, 0.1) is 5.56 Å².